The van der Waals surface area contributed by atoms with Gasteiger partial charge in [0.05, 0.1) is 37.0 Å². The Bertz CT molecular complexity index is 1870. The highest BCUT2D eigenvalue weighted by Gasteiger charge is 2.18. The van der Waals surface area contributed by atoms with Crippen LogP contribution in [0.3, 0.4) is 0 Å². The second-order valence-electron chi connectivity index (χ2n) is 10.2. The Balaban J connectivity index is 1.36. The van der Waals surface area contributed by atoms with Gasteiger partial charge in [0, 0.05) is 22.3 Å². The number of pyridine rings is 1. The molecule has 7 nitrogen and oxygen atoms in total. The van der Waals surface area contributed by atoms with Gasteiger partial charge in [-0.05, 0) is 72.8 Å². The van der Waals surface area contributed by atoms with E-state index in [0.717, 1.165) is 56.5 Å². The first-order valence-electron chi connectivity index (χ1n) is 14.3. The maximum absolute atomic E-state index is 5.36. The molecule has 0 bridgehead atoms. The van der Waals surface area contributed by atoms with Gasteiger partial charge in [-0.2, -0.15) is 10.2 Å². The number of aromatic nitrogens is 5. The number of hydrogen-bond donors (Lipinski definition) is 0. The lowest BCUT2D eigenvalue weighted by Gasteiger charge is -2.11. The fourth-order valence-electron chi connectivity index (χ4n) is 5.19. The van der Waals surface area contributed by atoms with Crippen molar-refractivity contribution in [3.63, 3.8) is 0 Å². The van der Waals surface area contributed by atoms with Crippen LogP contribution in [-0.4, -0.2) is 38.8 Å². The summed E-state index contributed by atoms with van der Waals surface area (Å²) in [5.74, 6) is 2.96. The molecule has 0 aliphatic rings. The van der Waals surface area contributed by atoms with Crippen molar-refractivity contribution in [3.8, 4) is 68.2 Å². The van der Waals surface area contributed by atoms with Gasteiger partial charge in [0.2, 0.25) is 0 Å². The first kappa shape index (κ1) is 26.9. The van der Waals surface area contributed by atoms with E-state index in [-0.39, 0.29) is 0 Å². The zero-order valence-corrected chi connectivity index (χ0v) is 24.3. The fourth-order valence-corrected chi connectivity index (χ4v) is 5.19. The smallest absolute Gasteiger partial charge is 0.156 e. The van der Waals surface area contributed by atoms with Gasteiger partial charge in [0.25, 0.3) is 0 Å². The first-order valence-corrected chi connectivity index (χ1v) is 14.3. The zero-order valence-electron chi connectivity index (χ0n) is 24.3. The van der Waals surface area contributed by atoms with Crippen LogP contribution in [0, 0.1) is 0 Å². The van der Waals surface area contributed by atoms with E-state index in [0.29, 0.717) is 11.6 Å². The number of benzene rings is 4. The Labute approximate surface area is 255 Å². The maximum Gasteiger partial charge on any atom is 0.156 e. The summed E-state index contributed by atoms with van der Waals surface area (Å²) >= 11 is 0. The maximum atomic E-state index is 5.36. The zero-order chi connectivity index (χ0) is 29.9. The quantitative estimate of drug-likeness (QED) is 0.183. The topological polar surface area (TPSA) is 67.0 Å². The van der Waals surface area contributed by atoms with E-state index in [9.17, 15) is 0 Å². The number of methoxy groups -OCH3 is 2. The van der Waals surface area contributed by atoms with Crippen LogP contribution in [0.5, 0.6) is 11.5 Å². The number of rotatable bonds is 8. The van der Waals surface area contributed by atoms with Crippen molar-refractivity contribution in [1.29, 1.82) is 0 Å². The lowest BCUT2D eigenvalue weighted by atomic mass is 10.1. The van der Waals surface area contributed by atoms with Crippen molar-refractivity contribution in [2.45, 2.75) is 0 Å². The first-order chi connectivity index (χ1) is 21.7. The van der Waals surface area contributed by atoms with Crippen molar-refractivity contribution in [2.75, 3.05) is 14.2 Å². The van der Waals surface area contributed by atoms with Crippen molar-refractivity contribution < 1.29 is 9.47 Å². The molecule has 0 saturated heterocycles. The summed E-state index contributed by atoms with van der Waals surface area (Å²) in [6.45, 7) is 0. The summed E-state index contributed by atoms with van der Waals surface area (Å²) < 4.78 is 14.5. The number of nitrogens with zero attached hydrogens (tertiary/aromatic N) is 5. The largest absolute Gasteiger partial charge is 0.497 e. The fraction of sp³-hybridized carbons (Fsp3) is 0.0541. The van der Waals surface area contributed by atoms with Crippen LogP contribution in [0.1, 0.15) is 0 Å². The minimum absolute atomic E-state index is 0.682. The Morgan fingerprint density at radius 2 is 0.841 bits per heavy atom. The molecule has 0 aliphatic carbocycles. The molecular weight excluding hydrogens is 546 g/mol. The summed E-state index contributed by atoms with van der Waals surface area (Å²) in [7, 11) is 3.33. The van der Waals surface area contributed by atoms with Gasteiger partial charge < -0.3 is 9.47 Å². The van der Waals surface area contributed by atoms with E-state index in [4.69, 9.17) is 24.7 Å². The highest BCUT2D eigenvalue weighted by atomic mass is 16.5. The summed E-state index contributed by atoms with van der Waals surface area (Å²) in [4.78, 5) is 5.12. The van der Waals surface area contributed by atoms with Crippen LogP contribution in [0.2, 0.25) is 0 Å². The molecule has 0 amide bonds. The van der Waals surface area contributed by atoms with E-state index in [1.165, 1.54) is 0 Å². The Kier molecular flexibility index (Phi) is 7.18. The third-order valence-corrected chi connectivity index (χ3v) is 7.48. The molecule has 7 rings (SSSR count). The molecule has 44 heavy (non-hydrogen) atoms. The van der Waals surface area contributed by atoms with E-state index in [2.05, 4.69) is 36.4 Å². The van der Waals surface area contributed by atoms with Crippen molar-refractivity contribution >= 4 is 0 Å². The van der Waals surface area contributed by atoms with Crippen LogP contribution in [-0.2, 0) is 0 Å². The lowest BCUT2D eigenvalue weighted by Crippen LogP contribution is -2.07. The van der Waals surface area contributed by atoms with Gasteiger partial charge in [-0.3, -0.25) is 0 Å². The molecule has 3 aromatic heterocycles. The molecule has 7 heteroatoms. The predicted molar refractivity (Wildman–Crippen MR) is 173 cm³/mol. The molecule has 0 fully saturated rings. The van der Waals surface area contributed by atoms with Crippen LogP contribution in [0.25, 0.3) is 56.7 Å². The summed E-state index contributed by atoms with van der Waals surface area (Å²) in [6, 6.07) is 46.4. The Morgan fingerprint density at radius 3 is 1.23 bits per heavy atom. The highest BCUT2D eigenvalue weighted by molar-refractivity contribution is 5.72. The monoisotopic (exact) mass is 575 g/mol. The molecule has 0 unspecified atom stereocenters. The summed E-state index contributed by atoms with van der Waals surface area (Å²) in [6.07, 6.45) is 0. The van der Waals surface area contributed by atoms with Gasteiger partial charge in [-0.25, -0.2) is 14.3 Å². The molecule has 3 heterocycles. The molecule has 0 N–H and O–H groups in total. The SMILES string of the molecule is COc1ccc(-c2cc(-c3ccccc3)n(-c3cccc(-n4nc(-c5ccc(OC)cc5)cc4-c4ccccc4)n3)n2)cc1. The van der Waals surface area contributed by atoms with Crippen molar-refractivity contribution in [3.05, 3.63) is 140 Å². The van der Waals surface area contributed by atoms with Gasteiger partial charge in [0.15, 0.2) is 11.6 Å². The molecule has 0 atom stereocenters. The summed E-state index contributed by atoms with van der Waals surface area (Å²) in [5.41, 5.74) is 7.60. The number of hydrogen-bond acceptors (Lipinski definition) is 5. The second kappa shape index (κ2) is 11.7. The van der Waals surface area contributed by atoms with E-state index in [1.807, 2.05) is 112 Å². The molecule has 214 valence electrons. The minimum atomic E-state index is 0.682. The lowest BCUT2D eigenvalue weighted by molar-refractivity contribution is 0.415. The van der Waals surface area contributed by atoms with Crippen LogP contribution in [0.4, 0.5) is 0 Å². The third kappa shape index (κ3) is 5.23. The van der Waals surface area contributed by atoms with Crippen LogP contribution >= 0.6 is 0 Å². The Morgan fingerprint density at radius 1 is 0.432 bits per heavy atom. The normalized spacial score (nSPS) is 11.0. The van der Waals surface area contributed by atoms with Crippen molar-refractivity contribution in [2.24, 2.45) is 0 Å². The van der Waals surface area contributed by atoms with Crippen LogP contribution < -0.4 is 9.47 Å². The van der Waals surface area contributed by atoms with E-state index in [1.54, 1.807) is 14.2 Å². The molecule has 0 aliphatic heterocycles. The average Bonchev–Trinajstić information content (AvgIpc) is 3.76. The standard InChI is InChI=1S/C37H29N5O2/c1-43-30-20-16-26(17-21-30)32-24-34(28-10-5-3-6-11-28)41(39-32)36-14-9-15-37(38-36)42-35(29-12-7-4-8-13-29)25-33(40-42)27-18-22-31(44-2)23-19-27/h3-25H,1-2H3. The average molecular weight is 576 g/mol. The Hall–Kier alpha value is -5.95. The predicted octanol–water partition coefficient (Wildman–Crippen LogP) is 8.14. The molecule has 0 saturated carbocycles. The van der Waals surface area contributed by atoms with Gasteiger partial charge in [-0.15, -0.1) is 0 Å². The van der Waals surface area contributed by atoms with Gasteiger partial charge in [-0.1, -0.05) is 66.7 Å². The van der Waals surface area contributed by atoms with E-state index < -0.39 is 0 Å². The molecule has 0 spiro atoms. The second-order valence-corrected chi connectivity index (χ2v) is 10.2. The molecule has 4 aromatic carbocycles. The summed E-state index contributed by atoms with van der Waals surface area (Å²) in [5, 5.41) is 10.1. The van der Waals surface area contributed by atoms with Crippen molar-refractivity contribution in [1.82, 2.24) is 24.5 Å². The van der Waals surface area contributed by atoms with Gasteiger partial charge >= 0.3 is 0 Å². The van der Waals surface area contributed by atoms with Crippen LogP contribution in [0.15, 0.2) is 140 Å². The molecule has 0 radical (unpaired) electrons. The molecule has 7 aromatic rings. The van der Waals surface area contributed by atoms with E-state index >= 15 is 0 Å². The third-order valence-electron chi connectivity index (χ3n) is 7.48. The number of ether oxygens (including phenoxy) is 2. The van der Waals surface area contributed by atoms with Gasteiger partial charge in [0.1, 0.15) is 11.5 Å². The minimum Gasteiger partial charge on any atom is -0.497 e. The molecular formula is C37H29N5O2. The highest BCUT2D eigenvalue weighted by Crippen LogP contribution is 2.32.